The highest BCUT2D eigenvalue weighted by Gasteiger charge is 2.22. The van der Waals surface area contributed by atoms with Crippen molar-refractivity contribution in [3.8, 4) is 22.6 Å². The normalized spacial score (nSPS) is 11.0. The number of fused-ring (bicyclic) bond motifs is 2. The lowest BCUT2D eigenvalue weighted by molar-refractivity contribution is 0.330. The molecular formula is C23H20O4. The Morgan fingerprint density at radius 2 is 1.59 bits per heavy atom. The van der Waals surface area contributed by atoms with Gasteiger partial charge < -0.3 is 13.9 Å². The third kappa shape index (κ3) is 2.93. The van der Waals surface area contributed by atoms with Crippen LogP contribution in [0.1, 0.15) is 13.8 Å². The van der Waals surface area contributed by atoms with Crippen LogP contribution >= 0.6 is 0 Å². The molecule has 3 aromatic carbocycles. The molecule has 0 amide bonds. The zero-order chi connectivity index (χ0) is 18.8. The van der Waals surface area contributed by atoms with Gasteiger partial charge in [-0.05, 0) is 36.8 Å². The smallest absolute Gasteiger partial charge is 0.348 e. The highest BCUT2D eigenvalue weighted by atomic mass is 16.5. The van der Waals surface area contributed by atoms with Crippen molar-refractivity contribution in [2.75, 3.05) is 13.2 Å². The van der Waals surface area contributed by atoms with Crippen molar-refractivity contribution in [1.82, 2.24) is 0 Å². The first-order valence-electron chi connectivity index (χ1n) is 9.08. The van der Waals surface area contributed by atoms with E-state index in [1.54, 1.807) is 6.07 Å². The van der Waals surface area contributed by atoms with E-state index in [4.69, 9.17) is 13.9 Å². The van der Waals surface area contributed by atoms with Crippen LogP contribution in [0.15, 0.2) is 69.9 Å². The van der Waals surface area contributed by atoms with Gasteiger partial charge in [0, 0.05) is 5.56 Å². The van der Waals surface area contributed by atoms with Gasteiger partial charge in [-0.3, -0.25) is 0 Å². The summed E-state index contributed by atoms with van der Waals surface area (Å²) in [5.74, 6) is 1.15. The molecular weight excluding hydrogens is 340 g/mol. The number of hydrogen-bond acceptors (Lipinski definition) is 4. The van der Waals surface area contributed by atoms with E-state index < -0.39 is 5.63 Å². The summed E-state index contributed by atoms with van der Waals surface area (Å²) in [5.41, 5.74) is 1.25. The Morgan fingerprint density at radius 1 is 0.852 bits per heavy atom. The molecule has 0 unspecified atom stereocenters. The van der Waals surface area contributed by atoms with Crippen LogP contribution in [0.2, 0.25) is 0 Å². The number of hydrogen-bond donors (Lipinski definition) is 0. The van der Waals surface area contributed by atoms with Crippen molar-refractivity contribution in [2.24, 2.45) is 0 Å². The molecule has 0 atom stereocenters. The molecule has 4 aromatic rings. The molecule has 4 heteroatoms. The Balaban J connectivity index is 2.14. The van der Waals surface area contributed by atoms with Crippen LogP contribution in [0.5, 0.6) is 11.5 Å². The van der Waals surface area contributed by atoms with Gasteiger partial charge in [-0.1, -0.05) is 48.5 Å². The van der Waals surface area contributed by atoms with Crippen LogP contribution in [0, 0.1) is 0 Å². The summed E-state index contributed by atoms with van der Waals surface area (Å²) in [4.78, 5) is 13.0. The molecule has 27 heavy (non-hydrogen) atoms. The van der Waals surface area contributed by atoms with E-state index in [2.05, 4.69) is 0 Å². The van der Waals surface area contributed by atoms with Crippen LogP contribution in [-0.4, -0.2) is 13.2 Å². The van der Waals surface area contributed by atoms with Crippen molar-refractivity contribution in [1.29, 1.82) is 0 Å². The first kappa shape index (κ1) is 17.2. The highest BCUT2D eigenvalue weighted by Crippen LogP contribution is 2.41. The number of benzene rings is 3. The van der Waals surface area contributed by atoms with Crippen molar-refractivity contribution in [2.45, 2.75) is 13.8 Å². The van der Waals surface area contributed by atoms with E-state index in [0.29, 0.717) is 41.2 Å². The van der Waals surface area contributed by atoms with Crippen LogP contribution in [0.3, 0.4) is 0 Å². The van der Waals surface area contributed by atoms with Gasteiger partial charge in [0.15, 0.2) is 0 Å². The first-order chi connectivity index (χ1) is 13.2. The maximum atomic E-state index is 13.0. The molecule has 4 nitrogen and oxygen atoms in total. The second kappa shape index (κ2) is 7.16. The Labute approximate surface area is 157 Å². The minimum absolute atomic E-state index is 0.420. The Bertz CT molecular complexity index is 1170. The van der Waals surface area contributed by atoms with Crippen LogP contribution in [0.4, 0.5) is 0 Å². The summed E-state index contributed by atoms with van der Waals surface area (Å²) >= 11 is 0. The summed E-state index contributed by atoms with van der Waals surface area (Å²) in [6.07, 6.45) is 0. The van der Waals surface area contributed by atoms with Crippen molar-refractivity contribution in [3.05, 3.63) is 71.1 Å². The van der Waals surface area contributed by atoms with Gasteiger partial charge in [-0.15, -0.1) is 0 Å². The zero-order valence-corrected chi connectivity index (χ0v) is 15.3. The van der Waals surface area contributed by atoms with E-state index in [-0.39, 0.29) is 0 Å². The topological polar surface area (TPSA) is 48.7 Å². The third-order valence-corrected chi connectivity index (χ3v) is 4.50. The Morgan fingerprint density at radius 3 is 2.41 bits per heavy atom. The minimum Gasteiger partial charge on any atom is -0.493 e. The van der Waals surface area contributed by atoms with Crippen LogP contribution in [0.25, 0.3) is 32.9 Å². The molecule has 136 valence electrons. The summed E-state index contributed by atoms with van der Waals surface area (Å²) < 4.78 is 17.4. The first-order valence-corrected chi connectivity index (χ1v) is 9.08. The van der Waals surface area contributed by atoms with E-state index in [9.17, 15) is 4.79 Å². The van der Waals surface area contributed by atoms with Gasteiger partial charge in [0.25, 0.3) is 0 Å². The van der Waals surface area contributed by atoms with Gasteiger partial charge in [0.05, 0.1) is 13.2 Å². The van der Waals surface area contributed by atoms with Crippen molar-refractivity contribution < 1.29 is 13.9 Å². The monoisotopic (exact) mass is 360 g/mol. The molecule has 0 spiro atoms. The average Bonchev–Trinajstić information content (AvgIpc) is 2.68. The molecule has 1 heterocycles. The summed E-state index contributed by atoms with van der Waals surface area (Å²) in [5, 5.41) is 2.71. The molecule has 0 bridgehead atoms. The lowest BCUT2D eigenvalue weighted by atomic mass is 9.97. The van der Waals surface area contributed by atoms with E-state index in [1.807, 2.05) is 68.4 Å². The van der Waals surface area contributed by atoms with E-state index in [1.165, 1.54) is 0 Å². The van der Waals surface area contributed by atoms with Gasteiger partial charge in [0.2, 0.25) is 0 Å². The van der Waals surface area contributed by atoms with Crippen LogP contribution in [-0.2, 0) is 0 Å². The number of rotatable bonds is 5. The predicted molar refractivity (Wildman–Crippen MR) is 108 cm³/mol. The summed E-state index contributed by atoms with van der Waals surface area (Å²) in [6, 6.07) is 19.3. The molecule has 0 saturated heterocycles. The van der Waals surface area contributed by atoms with E-state index >= 15 is 0 Å². The standard InChI is InChI=1S/C23H20O4/c1-3-25-18-13-8-14-19-21(18)22(26-4-2)20(23(24)27-19)17-12-7-10-15-9-5-6-11-16(15)17/h5-14H,3-4H2,1-2H3. The zero-order valence-electron chi connectivity index (χ0n) is 15.3. The lowest BCUT2D eigenvalue weighted by Crippen LogP contribution is -2.09. The van der Waals surface area contributed by atoms with E-state index in [0.717, 1.165) is 16.3 Å². The molecule has 0 fully saturated rings. The SMILES string of the molecule is CCOc1cccc2oc(=O)c(-c3cccc4ccccc34)c(OCC)c12. The fourth-order valence-electron chi connectivity index (χ4n) is 3.43. The maximum absolute atomic E-state index is 13.0. The minimum atomic E-state index is -0.420. The van der Waals surface area contributed by atoms with Crippen molar-refractivity contribution >= 4 is 21.7 Å². The molecule has 0 aliphatic heterocycles. The fourth-order valence-corrected chi connectivity index (χ4v) is 3.43. The molecule has 0 aliphatic carbocycles. The van der Waals surface area contributed by atoms with Gasteiger partial charge in [-0.25, -0.2) is 4.79 Å². The lowest BCUT2D eigenvalue weighted by Gasteiger charge is -2.16. The third-order valence-electron chi connectivity index (χ3n) is 4.50. The Kier molecular flexibility index (Phi) is 4.55. The van der Waals surface area contributed by atoms with Gasteiger partial charge >= 0.3 is 5.63 Å². The average molecular weight is 360 g/mol. The number of ether oxygens (including phenoxy) is 2. The predicted octanol–water partition coefficient (Wildman–Crippen LogP) is 5.41. The molecule has 0 aliphatic rings. The van der Waals surface area contributed by atoms with Gasteiger partial charge in [0.1, 0.15) is 28.0 Å². The maximum Gasteiger partial charge on any atom is 0.348 e. The molecule has 4 rings (SSSR count). The second-order valence-corrected chi connectivity index (χ2v) is 6.12. The van der Waals surface area contributed by atoms with Gasteiger partial charge in [-0.2, -0.15) is 0 Å². The summed E-state index contributed by atoms with van der Waals surface area (Å²) in [6.45, 7) is 4.75. The largest absolute Gasteiger partial charge is 0.493 e. The van der Waals surface area contributed by atoms with Crippen LogP contribution < -0.4 is 15.1 Å². The highest BCUT2D eigenvalue weighted by molar-refractivity contribution is 6.02. The quantitative estimate of drug-likeness (QED) is 0.447. The second-order valence-electron chi connectivity index (χ2n) is 6.12. The summed E-state index contributed by atoms with van der Waals surface area (Å²) in [7, 11) is 0. The Hall–Kier alpha value is -3.27. The van der Waals surface area contributed by atoms with Crippen molar-refractivity contribution in [3.63, 3.8) is 0 Å². The molecule has 0 radical (unpaired) electrons. The molecule has 1 aromatic heterocycles. The fraction of sp³-hybridized carbons (Fsp3) is 0.174. The molecule has 0 N–H and O–H groups in total. The molecule has 0 saturated carbocycles.